The molecule has 1 atom stereocenters. The van der Waals surface area contributed by atoms with Crippen LogP contribution in [0.1, 0.15) is 43.4 Å². The normalized spacial score (nSPS) is 12.2. The van der Waals surface area contributed by atoms with Crippen LogP contribution in [0.4, 0.5) is 11.4 Å². The minimum absolute atomic E-state index is 0.190. The first kappa shape index (κ1) is 14.4. The Balaban J connectivity index is 2.07. The maximum absolute atomic E-state index is 5.58. The van der Waals surface area contributed by atoms with Crippen molar-refractivity contribution in [2.24, 2.45) is 0 Å². The Morgan fingerprint density at radius 2 is 1.95 bits per heavy atom. The molecule has 0 aliphatic carbocycles. The third-order valence-corrected chi connectivity index (χ3v) is 3.25. The quantitative estimate of drug-likeness (QED) is 0.824. The summed E-state index contributed by atoms with van der Waals surface area (Å²) in [5.74, 6) is 1.92. The fourth-order valence-electron chi connectivity index (χ4n) is 2.29. The van der Waals surface area contributed by atoms with E-state index in [9.17, 15) is 0 Å². The predicted octanol–water partition coefficient (Wildman–Crippen LogP) is 4.29. The smallest absolute Gasteiger partial charge is 0.106 e. The number of furan rings is 1. The first-order valence-electron chi connectivity index (χ1n) is 7.12. The number of hydrogen-bond donors (Lipinski definition) is 2. The van der Waals surface area contributed by atoms with Gasteiger partial charge in [-0.05, 0) is 39.3 Å². The summed E-state index contributed by atoms with van der Waals surface area (Å²) in [5, 5.41) is 6.81. The third-order valence-electron chi connectivity index (χ3n) is 3.25. The van der Waals surface area contributed by atoms with Gasteiger partial charge in [0, 0.05) is 12.1 Å². The van der Waals surface area contributed by atoms with E-state index in [2.05, 4.69) is 41.6 Å². The molecule has 0 saturated heterocycles. The van der Waals surface area contributed by atoms with E-state index >= 15 is 0 Å². The Labute approximate surface area is 120 Å². The van der Waals surface area contributed by atoms with Crippen LogP contribution in [0.3, 0.4) is 0 Å². The van der Waals surface area contributed by atoms with Crippen molar-refractivity contribution in [3.8, 4) is 0 Å². The molecule has 0 aliphatic rings. The van der Waals surface area contributed by atoms with Crippen molar-refractivity contribution in [1.82, 2.24) is 4.98 Å². The van der Waals surface area contributed by atoms with Gasteiger partial charge in [-0.15, -0.1) is 0 Å². The first-order valence-corrected chi connectivity index (χ1v) is 7.12. The monoisotopic (exact) mass is 273 g/mol. The van der Waals surface area contributed by atoms with Crippen LogP contribution in [-0.2, 0) is 0 Å². The van der Waals surface area contributed by atoms with E-state index in [1.54, 1.807) is 0 Å². The van der Waals surface area contributed by atoms with Crippen molar-refractivity contribution >= 4 is 11.4 Å². The fourth-order valence-corrected chi connectivity index (χ4v) is 2.29. The average Bonchev–Trinajstić information content (AvgIpc) is 2.76. The van der Waals surface area contributed by atoms with Crippen molar-refractivity contribution in [3.63, 3.8) is 0 Å². The van der Waals surface area contributed by atoms with Gasteiger partial charge in [0.15, 0.2) is 0 Å². The zero-order chi connectivity index (χ0) is 14.5. The molecule has 2 aromatic rings. The molecule has 0 aromatic carbocycles. The highest BCUT2D eigenvalue weighted by Gasteiger charge is 2.12. The standard InChI is InChI=1S/C16H23N3O/c1-5-6-18-14-8-15(10-17-9-14)19-12(3)16-7-11(2)20-13(16)4/h7-10,12,18-19H,5-6H2,1-4H3. The molecule has 0 radical (unpaired) electrons. The lowest BCUT2D eigenvalue weighted by Crippen LogP contribution is -2.08. The minimum atomic E-state index is 0.190. The van der Waals surface area contributed by atoms with E-state index in [-0.39, 0.29) is 6.04 Å². The molecule has 4 nitrogen and oxygen atoms in total. The fraction of sp³-hybridized carbons (Fsp3) is 0.438. The van der Waals surface area contributed by atoms with Gasteiger partial charge in [-0.25, -0.2) is 0 Å². The number of rotatable bonds is 6. The zero-order valence-electron chi connectivity index (χ0n) is 12.7. The lowest BCUT2D eigenvalue weighted by atomic mass is 10.1. The zero-order valence-corrected chi connectivity index (χ0v) is 12.7. The van der Waals surface area contributed by atoms with Crippen LogP contribution in [0.25, 0.3) is 0 Å². The van der Waals surface area contributed by atoms with E-state index < -0.39 is 0 Å². The van der Waals surface area contributed by atoms with Crippen LogP contribution >= 0.6 is 0 Å². The Morgan fingerprint density at radius 3 is 2.60 bits per heavy atom. The van der Waals surface area contributed by atoms with E-state index in [1.165, 1.54) is 5.56 Å². The molecule has 2 heterocycles. The van der Waals surface area contributed by atoms with Crippen LogP contribution in [0.5, 0.6) is 0 Å². The molecule has 108 valence electrons. The summed E-state index contributed by atoms with van der Waals surface area (Å²) >= 11 is 0. The largest absolute Gasteiger partial charge is 0.466 e. The highest BCUT2D eigenvalue weighted by Crippen LogP contribution is 2.25. The van der Waals surface area contributed by atoms with Gasteiger partial charge < -0.3 is 15.1 Å². The van der Waals surface area contributed by atoms with Crippen molar-refractivity contribution in [2.75, 3.05) is 17.2 Å². The Kier molecular flexibility index (Phi) is 4.66. The van der Waals surface area contributed by atoms with Gasteiger partial charge in [0.1, 0.15) is 11.5 Å². The molecular weight excluding hydrogens is 250 g/mol. The van der Waals surface area contributed by atoms with Crippen molar-refractivity contribution in [1.29, 1.82) is 0 Å². The highest BCUT2D eigenvalue weighted by molar-refractivity contribution is 5.55. The Morgan fingerprint density at radius 1 is 1.20 bits per heavy atom. The second-order valence-corrected chi connectivity index (χ2v) is 5.12. The van der Waals surface area contributed by atoms with Crippen LogP contribution in [0.2, 0.25) is 0 Å². The number of nitrogens with one attached hydrogen (secondary N) is 2. The van der Waals surface area contributed by atoms with Gasteiger partial charge in [0.2, 0.25) is 0 Å². The van der Waals surface area contributed by atoms with E-state index in [0.717, 1.165) is 35.9 Å². The Hall–Kier alpha value is -1.97. The summed E-state index contributed by atoms with van der Waals surface area (Å²) in [6.45, 7) is 9.21. The summed E-state index contributed by atoms with van der Waals surface area (Å²) in [7, 11) is 0. The second-order valence-electron chi connectivity index (χ2n) is 5.12. The number of pyridine rings is 1. The molecular formula is C16H23N3O. The minimum Gasteiger partial charge on any atom is -0.466 e. The molecule has 0 spiro atoms. The molecule has 2 N–H and O–H groups in total. The molecule has 0 fully saturated rings. The predicted molar refractivity (Wildman–Crippen MR) is 83.2 cm³/mol. The Bertz CT molecular complexity index is 563. The molecule has 0 saturated carbocycles. The highest BCUT2D eigenvalue weighted by atomic mass is 16.3. The van der Waals surface area contributed by atoms with E-state index in [0.29, 0.717) is 0 Å². The summed E-state index contributed by atoms with van der Waals surface area (Å²) < 4.78 is 5.58. The molecule has 2 aromatic heterocycles. The van der Waals surface area contributed by atoms with E-state index in [4.69, 9.17) is 4.42 Å². The molecule has 0 amide bonds. The summed E-state index contributed by atoms with van der Waals surface area (Å²) in [6, 6.07) is 4.36. The first-order chi connectivity index (χ1) is 9.60. The summed E-state index contributed by atoms with van der Waals surface area (Å²) in [6.07, 6.45) is 4.79. The summed E-state index contributed by atoms with van der Waals surface area (Å²) in [4.78, 5) is 4.26. The van der Waals surface area contributed by atoms with Crippen LogP contribution in [0.15, 0.2) is 28.9 Å². The third kappa shape index (κ3) is 3.53. The van der Waals surface area contributed by atoms with Crippen molar-refractivity contribution in [3.05, 3.63) is 41.6 Å². The van der Waals surface area contributed by atoms with Gasteiger partial charge in [-0.1, -0.05) is 6.92 Å². The number of hydrogen-bond acceptors (Lipinski definition) is 4. The van der Waals surface area contributed by atoms with Gasteiger partial charge >= 0.3 is 0 Å². The number of aryl methyl sites for hydroxylation is 2. The topological polar surface area (TPSA) is 50.1 Å². The van der Waals surface area contributed by atoms with Gasteiger partial charge in [-0.2, -0.15) is 0 Å². The lowest BCUT2D eigenvalue weighted by molar-refractivity contribution is 0.500. The number of aromatic nitrogens is 1. The van der Waals surface area contributed by atoms with Crippen molar-refractivity contribution < 1.29 is 4.42 Å². The second kappa shape index (κ2) is 6.46. The molecule has 4 heteroatoms. The number of anilines is 2. The van der Waals surface area contributed by atoms with E-state index in [1.807, 2.05) is 26.2 Å². The van der Waals surface area contributed by atoms with Gasteiger partial charge in [0.05, 0.1) is 29.8 Å². The van der Waals surface area contributed by atoms with Gasteiger partial charge in [-0.3, -0.25) is 4.98 Å². The van der Waals surface area contributed by atoms with Crippen molar-refractivity contribution in [2.45, 2.75) is 40.2 Å². The average molecular weight is 273 g/mol. The number of nitrogens with zero attached hydrogens (tertiary/aromatic N) is 1. The molecule has 1 unspecified atom stereocenters. The van der Waals surface area contributed by atoms with Crippen LogP contribution in [0, 0.1) is 13.8 Å². The van der Waals surface area contributed by atoms with Crippen LogP contribution in [-0.4, -0.2) is 11.5 Å². The SMILES string of the molecule is CCCNc1cncc(NC(C)c2cc(C)oc2C)c1. The lowest BCUT2D eigenvalue weighted by Gasteiger charge is -2.15. The molecule has 20 heavy (non-hydrogen) atoms. The molecule has 0 aliphatic heterocycles. The maximum atomic E-state index is 5.58. The van der Waals surface area contributed by atoms with Gasteiger partial charge in [0.25, 0.3) is 0 Å². The maximum Gasteiger partial charge on any atom is 0.106 e. The molecule has 2 rings (SSSR count). The molecule has 0 bridgehead atoms. The summed E-state index contributed by atoms with van der Waals surface area (Å²) in [5.41, 5.74) is 3.25. The van der Waals surface area contributed by atoms with Crippen LogP contribution < -0.4 is 10.6 Å².